The van der Waals surface area contributed by atoms with Crippen molar-refractivity contribution < 1.29 is 168 Å². The summed E-state index contributed by atoms with van der Waals surface area (Å²) < 4.78 is 189. The van der Waals surface area contributed by atoms with E-state index in [-0.39, 0.29) is 110 Å². The average Bonchev–Trinajstić information content (AvgIpc) is 1.48. The van der Waals surface area contributed by atoms with Gasteiger partial charge in [-0.05, 0) is 0 Å². The third-order valence-electron chi connectivity index (χ3n) is 22.8. The standard InChI is InChI=1S/C72H98N12O18S4Si3.2Na.O3S/c1-6-7-40-83(42-19-23-48-103(88,89)90,45-22-26-51-106(97,98)100-73)46-27-52-107(2,3)101-109(102-108(4,5)53-28-47-84(43-20-24-49-104(91,92)93,44-21-25-50-105(94,95)96)41-18-8-9-37-64(87)99-78-62(85)38-39-63(78)86)79-65-54-29-10-11-30-55(54)66(79)75-68-58-33-14-15-34-59(58)70(81(68)109)77-72-61-36-17-16-35-60(61)71(82(72)109)76-69-57-32-13-12-31-56(57)67(74-65)80(69)109;;;1-4(2)3/h10-17,29-36H,1,6-9,18-28,37-53,73H2,2-5H3,(H2-,88,89,90,91,92,93,94,95,96);;;/q;2*+1;. The molecule has 614 valence electrons. The topological polar surface area (TPSA) is 434 Å². The van der Waals surface area contributed by atoms with E-state index in [4.69, 9.17) is 43.3 Å². The summed E-state index contributed by atoms with van der Waals surface area (Å²) in [6.45, 7) is 17.0. The van der Waals surface area contributed by atoms with Crippen LogP contribution in [0.5, 0.6) is 0 Å². The smallest absolute Gasteiger partial charge is 1.00 e. The Kier molecular flexibility index (Phi) is 28.2. The molecule has 2 atom stereocenters. The number of aliphatic imine (C=N–C) groups is 2. The molecule has 0 radical (unpaired) electrons. The van der Waals surface area contributed by atoms with Gasteiger partial charge in [-0.2, -0.15) is 5.90 Å². The molecule has 2 aromatic heterocycles. The maximum Gasteiger partial charge on any atom is 1.00 e. The second kappa shape index (κ2) is 35.3. The number of quaternary nitrogens is 2. The number of unbranched alkanes of at least 4 members (excludes halogenated alkanes) is 7. The van der Waals surface area contributed by atoms with Gasteiger partial charge in [0.2, 0.25) is 0 Å². The molecule has 9 heterocycles. The number of carbonyl (C=O) groups excluding carboxylic acids is 3. The summed E-state index contributed by atoms with van der Waals surface area (Å²) >= 11 is 0. The van der Waals surface area contributed by atoms with Crippen LogP contribution in [-0.4, -0.2) is 232 Å². The monoisotopic (exact) mass is 1760 g/mol. The van der Waals surface area contributed by atoms with E-state index in [1.807, 2.05) is 48.5 Å². The van der Waals surface area contributed by atoms with Crippen LogP contribution in [0.2, 0.25) is 38.3 Å². The molecule has 2 amide bonds. The largest absolute Gasteiger partial charge is 1.00 e. The van der Waals surface area contributed by atoms with E-state index in [0.29, 0.717) is 195 Å². The number of aromatic nitrogens is 2. The molecule has 6 aromatic rings. The first-order valence-electron chi connectivity index (χ1n) is 38.3. The maximum atomic E-state index is 13.1. The second-order valence-electron chi connectivity index (χ2n) is 31.7. The van der Waals surface area contributed by atoms with E-state index in [2.05, 4.69) is 103 Å². The average molecular weight is 1760 g/mol. The van der Waals surface area contributed by atoms with Crippen LogP contribution in [0.4, 0.5) is 11.6 Å². The third kappa shape index (κ3) is 18.2. The van der Waals surface area contributed by atoms with Crippen LogP contribution in [0.25, 0.3) is 21.5 Å². The van der Waals surface area contributed by atoms with Gasteiger partial charge in [0.25, 0.3) is 11.8 Å². The number of amides is 2. The van der Waals surface area contributed by atoms with Gasteiger partial charge in [-0.1, -0.05) is 0 Å². The minimum atomic E-state index is -7.37. The van der Waals surface area contributed by atoms with Crippen LogP contribution in [0, 0.1) is 6.92 Å². The maximum absolute atomic E-state index is 13.1. The van der Waals surface area contributed by atoms with Gasteiger partial charge in [-0.25, -0.2) is 4.79 Å². The molecule has 2 unspecified atom stereocenters. The molecule has 115 heavy (non-hydrogen) atoms. The molecule has 4 aromatic carbocycles. The number of nitrogens with zero attached hydrogens (tertiary/aromatic N) is 11. The van der Waals surface area contributed by atoms with Crippen molar-refractivity contribution in [2.75, 3.05) is 75.4 Å². The fourth-order valence-electron chi connectivity index (χ4n) is 18.4. The van der Waals surface area contributed by atoms with Crippen molar-refractivity contribution >= 4 is 150 Å². The molecule has 1 saturated heterocycles. The number of nitrogens with two attached hydrogens (primary N) is 1. The van der Waals surface area contributed by atoms with Gasteiger partial charge in [0.15, 0.2) is 0 Å². The van der Waals surface area contributed by atoms with E-state index in [9.17, 15) is 69.9 Å². The van der Waals surface area contributed by atoms with Gasteiger partial charge >= 0.3 is 656 Å². The van der Waals surface area contributed by atoms with Crippen LogP contribution in [-0.2, 0) is 82.8 Å². The molecular formula is C72H98N12Na2O21S5Si3+2. The zero-order valence-corrected chi connectivity index (χ0v) is 76.8. The van der Waals surface area contributed by atoms with Crippen LogP contribution >= 0.6 is 0 Å². The number of benzene rings is 4. The number of rotatable bonds is 43. The molecule has 0 aliphatic carbocycles. The summed E-state index contributed by atoms with van der Waals surface area (Å²) in [6.07, 6.45) is 5.63. The van der Waals surface area contributed by atoms with Gasteiger partial charge in [-0.3, -0.25) is 9.59 Å². The van der Waals surface area contributed by atoms with E-state index < -0.39 is 111 Å². The molecule has 1 fully saturated rings. The molecule has 0 bridgehead atoms. The van der Waals surface area contributed by atoms with Crippen LogP contribution < -0.4 is 76.0 Å². The first-order valence-corrected chi connectivity index (χ1v) is 54.5. The van der Waals surface area contributed by atoms with Gasteiger partial charge in [0, 0.05) is 12.8 Å². The molecule has 33 nitrogen and oxygen atoms in total. The molecule has 4 N–H and O–H groups in total. The summed E-state index contributed by atoms with van der Waals surface area (Å²) in [5.74, 6) is 4.67. The number of imide groups is 1. The van der Waals surface area contributed by atoms with Crippen molar-refractivity contribution in [3.63, 3.8) is 0 Å². The quantitative estimate of drug-likeness (QED) is 0.00899. The zero-order chi connectivity index (χ0) is 81.4. The van der Waals surface area contributed by atoms with Gasteiger partial charge in [0.1, 0.15) is 0 Å². The molecule has 7 aliphatic heterocycles. The predicted octanol–water partition coefficient (Wildman–Crippen LogP) is 0.630. The van der Waals surface area contributed by atoms with E-state index in [1.165, 1.54) is 0 Å². The van der Waals surface area contributed by atoms with Crippen LogP contribution in [0.3, 0.4) is 0 Å². The van der Waals surface area contributed by atoms with Gasteiger partial charge in [0.05, 0.1) is 0 Å². The Hall–Kier alpha value is -5.44. The molecule has 43 heteroatoms. The number of hydrogen-bond donors (Lipinski definition) is 3. The van der Waals surface area contributed by atoms with Crippen molar-refractivity contribution in [3.05, 3.63) is 137 Å². The Morgan fingerprint density at radius 1 is 0.530 bits per heavy atom. The number of fused-ring (bicyclic) bond motifs is 12. The number of hydroxylamine groups is 2. The van der Waals surface area contributed by atoms with Crippen molar-refractivity contribution in [2.24, 2.45) is 25.9 Å². The van der Waals surface area contributed by atoms with E-state index in [0.717, 1.165) is 43.8 Å². The van der Waals surface area contributed by atoms with Crippen molar-refractivity contribution in [2.45, 2.75) is 154 Å². The Morgan fingerprint density at radius 3 is 1.30 bits per heavy atom. The number of carbonyl (C=O) groups is 3. The normalized spacial score (nSPS) is 18.1. The van der Waals surface area contributed by atoms with E-state index >= 15 is 0 Å². The Morgan fingerprint density at radius 2 is 0.896 bits per heavy atom. The van der Waals surface area contributed by atoms with Crippen LogP contribution in [0.15, 0.2) is 117 Å². The fraction of sp³-hybridized carbons (Fsp3) is 0.500. The minimum absolute atomic E-state index is 0. The molecular weight excluding hydrogens is 1660 g/mol. The summed E-state index contributed by atoms with van der Waals surface area (Å²) in [5, 5.41) is 3.63. The van der Waals surface area contributed by atoms with Gasteiger partial charge in [-0.15, -0.1) is 17.7 Å². The summed E-state index contributed by atoms with van der Waals surface area (Å²) in [7, 11) is -35.1. The fourth-order valence-corrected chi connectivity index (χ4v) is 43.0. The first-order chi connectivity index (χ1) is 53.3. The second-order valence-corrected chi connectivity index (χ2v) is 52.7. The van der Waals surface area contributed by atoms with Crippen molar-refractivity contribution in [3.8, 4) is 0 Å². The summed E-state index contributed by atoms with van der Waals surface area (Å²) in [5.41, 5.74) is 4.17. The predicted molar refractivity (Wildman–Crippen MR) is 426 cm³/mol. The molecule has 0 saturated carbocycles. The van der Waals surface area contributed by atoms with Gasteiger partial charge < -0.3 is 4.84 Å². The molecule has 1 spiro atoms. The Balaban J connectivity index is 0.00000228. The van der Waals surface area contributed by atoms with Crippen molar-refractivity contribution in [1.29, 1.82) is 0 Å². The summed E-state index contributed by atoms with van der Waals surface area (Å²) in [4.78, 5) is 66.6. The molecule has 7 aliphatic rings. The summed E-state index contributed by atoms with van der Waals surface area (Å²) in [6, 6.07) is 33.3. The first kappa shape index (κ1) is 91.9. The number of hydrogen-bond acceptors (Lipinski definition) is 24. The van der Waals surface area contributed by atoms with Crippen LogP contribution in [0.1, 0.15) is 138 Å². The third-order valence-corrected chi connectivity index (χ3v) is 43.0. The SMILES string of the molecule is O=S(=O)=O.[CH2-]CCC[N+](CCCCS(=O)(=O)O)(CCCCS(=O)(=O)ON)CCC[Si](C)(C)O[Si-2]123(O[Si](C)(C)CCC[N+](CCCCCC(=O)ON4C(=O)CCC4=O)(CCCCS(=O)(=O)[O-])CCCCS(=O)(=O)O)n4c5c6ccccc6c4N=C4c6ccccc6C(=[N+]41)N=c1c4ccccc4c(n12)=NC1=[N+]3C(=N5)c2ccccc21.[Na+].[Na+]. The van der Waals surface area contributed by atoms with E-state index in [1.54, 1.807) is 0 Å². The molecule has 13 rings (SSSR count). The van der Waals surface area contributed by atoms with Crippen molar-refractivity contribution in [1.82, 2.24) is 13.5 Å². The number of amidine groups is 4. The zero-order valence-electron chi connectivity index (χ0n) is 65.8. The minimum Gasteiger partial charge on any atom is 1.00 e. The Labute approximate surface area is 717 Å². The Bertz CT molecular complexity index is 5520.